The molecule has 35 heavy (non-hydrogen) atoms. The lowest BCUT2D eigenvalue weighted by Gasteiger charge is -2.12. The zero-order valence-corrected chi connectivity index (χ0v) is 22.2. The van der Waals surface area contributed by atoms with E-state index in [0.29, 0.717) is 52.7 Å². The van der Waals surface area contributed by atoms with Crippen LogP contribution >= 0.6 is 46.0 Å². The predicted molar refractivity (Wildman–Crippen MR) is 146 cm³/mol. The maximum Gasteiger partial charge on any atom is 0.343 e. The molecule has 0 bridgehead atoms. The predicted octanol–water partition coefficient (Wildman–Crippen LogP) is 6.07. The third-order valence-corrected chi connectivity index (χ3v) is 6.74. The number of amidine groups is 1. The van der Waals surface area contributed by atoms with Crippen molar-refractivity contribution in [1.82, 2.24) is 5.32 Å². The first-order valence-electron chi connectivity index (χ1n) is 10.1. The number of hydrogen-bond donors (Lipinski definition) is 1. The van der Waals surface area contributed by atoms with Gasteiger partial charge in [-0.3, -0.25) is 4.79 Å². The molecule has 1 amide bonds. The Morgan fingerprint density at radius 1 is 1.06 bits per heavy atom. The van der Waals surface area contributed by atoms with Gasteiger partial charge in [0.15, 0.2) is 16.7 Å². The van der Waals surface area contributed by atoms with Crippen molar-refractivity contribution in [3.05, 3.63) is 85.3 Å². The summed E-state index contributed by atoms with van der Waals surface area (Å²) in [7, 11) is 3.04. The van der Waals surface area contributed by atoms with Crippen LogP contribution in [0.1, 0.15) is 15.9 Å². The molecule has 1 aliphatic rings. The molecular weight excluding hydrogens is 603 g/mol. The molecule has 1 heterocycles. The monoisotopic (exact) mass is 620 g/mol. The minimum Gasteiger partial charge on any atom is -0.497 e. The van der Waals surface area contributed by atoms with Crippen LogP contribution in [0.25, 0.3) is 6.08 Å². The van der Waals surface area contributed by atoms with Crippen molar-refractivity contribution < 1.29 is 23.8 Å². The molecule has 0 spiro atoms. The second-order valence-electron chi connectivity index (χ2n) is 7.11. The first-order valence-corrected chi connectivity index (χ1v) is 12.4. The Hall–Kier alpha value is -3.02. The van der Waals surface area contributed by atoms with E-state index in [-0.39, 0.29) is 5.91 Å². The molecule has 4 rings (SSSR count). The Bertz CT molecular complexity index is 1340. The van der Waals surface area contributed by atoms with Gasteiger partial charge in [0.25, 0.3) is 5.91 Å². The van der Waals surface area contributed by atoms with Crippen molar-refractivity contribution in [2.45, 2.75) is 0 Å². The molecule has 3 aromatic carbocycles. The Labute approximate surface area is 224 Å². The van der Waals surface area contributed by atoms with Gasteiger partial charge in [-0.2, -0.15) is 0 Å². The summed E-state index contributed by atoms with van der Waals surface area (Å²) < 4.78 is 16.9. The molecule has 178 valence electrons. The number of ether oxygens (including phenoxy) is 3. The molecule has 0 unspecified atom stereocenters. The van der Waals surface area contributed by atoms with Crippen LogP contribution in [0.3, 0.4) is 0 Å². The normalized spacial score (nSPS) is 15.3. The van der Waals surface area contributed by atoms with E-state index in [0.717, 1.165) is 0 Å². The highest BCUT2D eigenvalue weighted by atomic mass is 127. The van der Waals surface area contributed by atoms with Crippen molar-refractivity contribution >= 4 is 74.8 Å². The third-order valence-electron chi connectivity index (χ3n) is 4.78. The number of benzene rings is 3. The van der Waals surface area contributed by atoms with E-state index in [1.54, 1.807) is 73.8 Å². The fourth-order valence-electron chi connectivity index (χ4n) is 3.07. The highest BCUT2D eigenvalue weighted by molar-refractivity contribution is 14.1. The van der Waals surface area contributed by atoms with Crippen molar-refractivity contribution in [1.29, 1.82) is 0 Å². The molecule has 10 heteroatoms. The van der Waals surface area contributed by atoms with E-state index in [9.17, 15) is 9.59 Å². The average molecular weight is 621 g/mol. The SMILES string of the molecule is COc1ccc(C(=O)Oc2c(I)cc(/C=C3\SC(=Nc4ccc(Cl)cc4)NC3=O)cc2OC)cc1. The molecule has 1 saturated heterocycles. The summed E-state index contributed by atoms with van der Waals surface area (Å²) in [6.45, 7) is 0. The summed E-state index contributed by atoms with van der Waals surface area (Å²) in [4.78, 5) is 30.0. The van der Waals surface area contributed by atoms with Gasteiger partial charge < -0.3 is 19.5 Å². The number of hydrogen-bond acceptors (Lipinski definition) is 7. The van der Waals surface area contributed by atoms with Crippen LogP contribution in [0, 0.1) is 3.57 Å². The fraction of sp³-hybridized carbons (Fsp3) is 0.0800. The summed E-state index contributed by atoms with van der Waals surface area (Å²) in [6.07, 6.45) is 1.73. The zero-order valence-electron chi connectivity index (χ0n) is 18.5. The molecule has 3 aromatic rings. The van der Waals surface area contributed by atoms with Gasteiger partial charge in [0.2, 0.25) is 0 Å². The number of nitrogens with zero attached hydrogens (tertiary/aromatic N) is 1. The Kier molecular flexibility index (Phi) is 7.99. The van der Waals surface area contributed by atoms with Gasteiger partial charge in [0, 0.05) is 5.02 Å². The van der Waals surface area contributed by atoms with Crippen LogP contribution < -0.4 is 19.5 Å². The van der Waals surface area contributed by atoms with Gasteiger partial charge in [0.05, 0.1) is 33.9 Å². The summed E-state index contributed by atoms with van der Waals surface area (Å²) in [5, 5.41) is 3.83. The molecule has 1 N–H and O–H groups in total. The van der Waals surface area contributed by atoms with E-state index in [1.165, 1.54) is 18.9 Å². The fourth-order valence-corrected chi connectivity index (χ4v) is 4.77. The maximum atomic E-state index is 12.6. The second kappa shape index (κ2) is 11.1. The largest absolute Gasteiger partial charge is 0.497 e. The lowest BCUT2D eigenvalue weighted by Crippen LogP contribution is -2.19. The first kappa shape index (κ1) is 25.1. The van der Waals surface area contributed by atoms with E-state index in [2.05, 4.69) is 32.9 Å². The van der Waals surface area contributed by atoms with Crippen molar-refractivity contribution in [3.63, 3.8) is 0 Å². The second-order valence-corrected chi connectivity index (χ2v) is 9.74. The number of methoxy groups -OCH3 is 2. The van der Waals surface area contributed by atoms with E-state index < -0.39 is 5.97 Å². The molecule has 0 aliphatic carbocycles. The molecule has 7 nitrogen and oxygen atoms in total. The van der Waals surface area contributed by atoms with Crippen LogP contribution in [-0.4, -0.2) is 31.3 Å². The molecule has 1 aliphatic heterocycles. The van der Waals surface area contributed by atoms with Gasteiger partial charge in [-0.15, -0.1) is 0 Å². The number of esters is 1. The Morgan fingerprint density at radius 3 is 2.43 bits per heavy atom. The highest BCUT2D eigenvalue weighted by Crippen LogP contribution is 2.36. The lowest BCUT2D eigenvalue weighted by atomic mass is 10.1. The average Bonchev–Trinajstić information content (AvgIpc) is 3.20. The smallest absolute Gasteiger partial charge is 0.343 e. The Morgan fingerprint density at radius 2 is 1.77 bits per heavy atom. The van der Waals surface area contributed by atoms with E-state index in [1.807, 2.05) is 0 Å². The topological polar surface area (TPSA) is 86.2 Å². The molecule has 0 aromatic heterocycles. The van der Waals surface area contributed by atoms with E-state index in [4.69, 9.17) is 25.8 Å². The lowest BCUT2D eigenvalue weighted by molar-refractivity contribution is -0.115. The third kappa shape index (κ3) is 6.16. The number of carbonyl (C=O) groups excluding carboxylic acids is 2. The quantitative estimate of drug-likeness (QED) is 0.156. The summed E-state index contributed by atoms with van der Waals surface area (Å²) in [6, 6.07) is 17.1. The summed E-state index contributed by atoms with van der Waals surface area (Å²) in [5.41, 5.74) is 1.76. The molecule has 1 fully saturated rings. The summed E-state index contributed by atoms with van der Waals surface area (Å²) >= 11 is 9.20. The standard InChI is InChI=1S/C25H18ClIN2O5S/c1-32-18-9-3-15(4-10-18)24(31)34-22-19(27)11-14(12-20(22)33-2)13-21-23(30)29-25(35-21)28-17-7-5-16(26)6-8-17/h3-13H,1-2H3,(H,28,29,30)/b21-13-. The van der Waals surface area contributed by atoms with Gasteiger partial charge >= 0.3 is 5.97 Å². The number of thioether (sulfide) groups is 1. The van der Waals surface area contributed by atoms with Crippen molar-refractivity contribution in [3.8, 4) is 17.2 Å². The van der Waals surface area contributed by atoms with Gasteiger partial charge in [-0.05, 0) is 107 Å². The molecular formula is C25H18ClIN2O5S. The van der Waals surface area contributed by atoms with Crippen LogP contribution in [0.4, 0.5) is 5.69 Å². The van der Waals surface area contributed by atoms with Crippen molar-refractivity contribution in [2.75, 3.05) is 14.2 Å². The number of carbonyl (C=O) groups is 2. The highest BCUT2D eigenvalue weighted by Gasteiger charge is 2.24. The minimum absolute atomic E-state index is 0.258. The molecule has 0 atom stereocenters. The zero-order chi connectivity index (χ0) is 24.9. The minimum atomic E-state index is -0.524. The summed E-state index contributed by atoms with van der Waals surface area (Å²) in [5.74, 6) is 0.519. The van der Waals surface area contributed by atoms with Crippen LogP contribution in [0.5, 0.6) is 17.2 Å². The number of nitrogens with one attached hydrogen (secondary N) is 1. The molecule has 0 radical (unpaired) electrons. The van der Waals surface area contributed by atoms with Crippen molar-refractivity contribution in [2.24, 2.45) is 4.99 Å². The number of rotatable bonds is 6. The van der Waals surface area contributed by atoms with Gasteiger partial charge in [-0.25, -0.2) is 9.79 Å². The van der Waals surface area contributed by atoms with Gasteiger partial charge in [-0.1, -0.05) is 11.6 Å². The van der Waals surface area contributed by atoms with Gasteiger partial charge in [0.1, 0.15) is 5.75 Å². The number of halogens is 2. The first-order chi connectivity index (χ1) is 16.9. The van der Waals surface area contributed by atoms with E-state index >= 15 is 0 Å². The van der Waals surface area contributed by atoms with Crippen LogP contribution in [-0.2, 0) is 4.79 Å². The van der Waals surface area contributed by atoms with Crippen LogP contribution in [0.2, 0.25) is 5.02 Å². The number of amides is 1. The molecule has 0 saturated carbocycles. The Balaban J connectivity index is 1.55. The van der Waals surface area contributed by atoms with Crippen LogP contribution in [0.15, 0.2) is 70.6 Å². The maximum absolute atomic E-state index is 12.6. The number of aliphatic imine (C=N–C) groups is 1.